The highest BCUT2D eigenvalue weighted by atomic mass is 79.9. The molecule has 0 aliphatic carbocycles. The summed E-state index contributed by atoms with van der Waals surface area (Å²) in [5, 5.41) is 5.50. The summed E-state index contributed by atoms with van der Waals surface area (Å²) in [6, 6.07) is 16.4. The predicted octanol–water partition coefficient (Wildman–Crippen LogP) is 5.58. The van der Waals surface area contributed by atoms with Gasteiger partial charge in [0.25, 0.3) is 15.9 Å². The van der Waals surface area contributed by atoms with Crippen LogP contribution in [0.1, 0.15) is 30.9 Å². The molecule has 0 radical (unpaired) electrons. The fourth-order valence-corrected chi connectivity index (χ4v) is 4.96. The molecule has 196 valence electrons. The molecule has 0 fully saturated rings. The van der Waals surface area contributed by atoms with Gasteiger partial charge in [0.15, 0.2) is 11.7 Å². The van der Waals surface area contributed by atoms with Gasteiger partial charge in [-0.1, -0.05) is 29.8 Å². The lowest BCUT2D eigenvalue weighted by atomic mass is 10.0. The van der Waals surface area contributed by atoms with E-state index in [2.05, 4.69) is 45.1 Å². The van der Waals surface area contributed by atoms with Crippen LogP contribution in [0.3, 0.4) is 0 Å². The molecule has 0 spiro atoms. The average molecular weight is 607 g/mol. The van der Waals surface area contributed by atoms with Gasteiger partial charge in [0.1, 0.15) is 11.5 Å². The number of benzene rings is 3. The number of sulfonamides is 1. The molecule has 0 saturated carbocycles. The summed E-state index contributed by atoms with van der Waals surface area (Å²) >= 11 is 8.74. The van der Waals surface area contributed by atoms with Crippen LogP contribution >= 0.6 is 28.1 Å². The first-order valence-corrected chi connectivity index (χ1v) is 14.0. The monoisotopic (exact) mass is 605 g/mol. The van der Waals surface area contributed by atoms with E-state index < -0.39 is 15.9 Å². The lowest BCUT2D eigenvalue weighted by molar-refractivity contribution is -0.121. The maximum Gasteiger partial charge on any atom is 0.264 e. The number of rotatable bonds is 9. The molecule has 0 saturated heterocycles. The Kier molecular flexibility index (Phi) is 9.52. The number of amides is 1. The topological polar surface area (TPSA) is 106 Å². The minimum atomic E-state index is -3.79. The molecule has 3 N–H and O–H groups in total. The van der Waals surface area contributed by atoms with Crippen molar-refractivity contribution in [2.45, 2.75) is 31.6 Å². The van der Waals surface area contributed by atoms with E-state index in [1.54, 1.807) is 36.4 Å². The molecule has 0 unspecified atom stereocenters. The van der Waals surface area contributed by atoms with Gasteiger partial charge in [0.05, 0.1) is 12.0 Å². The third-order valence-electron chi connectivity index (χ3n) is 5.29. The van der Waals surface area contributed by atoms with Crippen molar-refractivity contribution in [3.63, 3.8) is 0 Å². The second-order valence-electron chi connectivity index (χ2n) is 8.44. The molecule has 0 heterocycles. The van der Waals surface area contributed by atoms with E-state index in [1.807, 2.05) is 19.1 Å². The van der Waals surface area contributed by atoms with E-state index in [0.29, 0.717) is 22.9 Å². The number of carbonyl (C=O) groups is 1. The van der Waals surface area contributed by atoms with Gasteiger partial charge in [-0.3, -0.25) is 14.8 Å². The zero-order valence-electron chi connectivity index (χ0n) is 20.8. The molecule has 0 aliphatic heterocycles. The van der Waals surface area contributed by atoms with E-state index in [4.69, 9.17) is 21.7 Å². The van der Waals surface area contributed by atoms with E-state index in [9.17, 15) is 13.2 Å². The summed E-state index contributed by atoms with van der Waals surface area (Å²) < 4.78 is 39.7. The zero-order chi connectivity index (χ0) is 27.2. The molecule has 1 amide bonds. The molecule has 3 rings (SSSR count). The number of ether oxygens (including phenoxy) is 2. The number of carbonyl (C=O) groups excluding carboxylic acids is 1. The van der Waals surface area contributed by atoms with Crippen LogP contribution in [-0.2, 0) is 14.8 Å². The van der Waals surface area contributed by atoms with Crippen LogP contribution < -0.4 is 24.8 Å². The molecule has 0 aromatic heterocycles. The van der Waals surface area contributed by atoms with Gasteiger partial charge >= 0.3 is 0 Å². The molecule has 0 aliphatic rings. The van der Waals surface area contributed by atoms with E-state index in [1.165, 1.54) is 19.2 Å². The van der Waals surface area contributed by atoms with Crippen LogP contribution in [0.25, 0.3) is 0 Å². The number of aryl methyl sites for hydroxylation is 1. The average Bonchev–Trinajstić information content (AvgIpc) is 2.85. The molecule has 11 heteroatoms. The normalized spacial score (nSPS) is 11.1. The smallest absolute Gasteiger partial charge is 0.264 e. The third kappa shape index (κ3) is 7.91. The van der Waals surface area contributed by atoms with Gasteiger partial charge in [-0.2, -0.15) is 0 Å². The Labute approximate surface area is 230 Å². The fourth-order valence-electron chi connectivity index (χ4n) is 3.31. The lowest BCUT2D eigenvalue weighted by Gasteiger charge is -2.16. The molecular weight excluding hydrogens is 578 g/mol. The maximum atomic E-state index is 12.7. The van der Waals surface area contributed by atoms with Crippen molar-refractivity contribution in [3.8, 4) is 11.5 Å². The number of anilines is 2. The Hall–Kier alpha value is -3.15. The van der Waals surface area contributed by atoms with E-state index in [-0.39, 0.29) is 22.5 Å². The SMILES string of the molecule is COc1ccc(NS(=O)(=O)c2ccc(NC(=S)NC(=O)COc3cc(C)c(Br)cc3C(C)C)cc2)cc1. The Bertz CT molecular complexity index is 1380. The number of methoxy groups -OCH3 is 1. The second kappa shape index (κ2) is 12.4. The third-order valence-corrected chi connectivity index (χ3v) is 7.75. The molecule has 37 heavy (non-hydrogen) atoms. The van der Waals surface area contributed by atoms with Gasteiger partial charge in [0, 0.05) is 15.8 Å². The molecule has 3 aromatic carbocycles. The minimum absolute atomic E-state index is 0.0663. The summed E-state index contributed by atoms with van der Waals surface area (Å²) in [6.45, 7) is 5.84. The number of thiocarbonyl (C=S) groups is 1. The first-order valence-electron chi connectivity index (χ1n) is 11.3. The van der Waals surface area contributed by atoms with Crippen LogP contribution in [0.4, 0.5) is 11.4 Å². The molecule has 0 atom stereocenters. The highest BCUT2D eigenvalue weighted by Crippen LogP contribution is 2.32. The summed E-state index contributed by atoms with van der Waals surface area (Å²) in [5.74, 6) is 1.06. The molecule has 8 nitrogen and oxygen atoms in total. The van der Waals surface area contributed by atoms with Crippen LogP contribution in [-0.4, -0.2) is 33.2 Å². The van der Waals surface area contributed by atoms with Crippen molar-refractivity contribution in [2.24, 2.45) is 0 Å². The summed E-state index contributed by atoms with van der Waals surface area (Å²) in [5.41, 5.74) is 2.91. The van der Waals surface area contributed by atoms with Crippen molar-refractivity contribution in [1.82, 2.24) is 5.32 Å². The second-order valence-corrected chi connectivity index (χ2v) is 11.4. The largest absolute Gasteiger partial charge is 0.497 e. The zero-order valence-corrected chi connectivity index (χ0v) is 24.0. The van der Waals surface area contributed by atoms with E-state index in [0.717, 1.165) is 15.6 Å². The number of hydrogen-bond donors (Lipinski definition) is 3. The van der Waals surface area contributed by atoms with Crippen molar-refractivity contribution in [3.05, 3.63) is 76.3 Å². The maximum absolute atomic E-state index is 12.7. The number of nitrogens with one attached hydrogen (secondary N) is 3. The first kappa shape index (κ1) is 28.4. The van der Waals surface area contributed by atoms with Crippen molar-refractivity contribution in [1.29, 1.82) is 0 Å². The van der Waals surface area contributed by atoms with Crippen molar-refractivity contribution >= 4 is 60.6 Å². The minimum Gasteiger partial charge on any atom is -0.497 e. The summed E-state index contributed by atoms with van der Waals surface area (Å²) in [7, 11) is -2.25. The van der Waals surface area contributed by atoms with Gasteiger partial charge in [-0.25, -0.2) is 8.42 Å². The lowest BCUT2D eigenvalue weighted by Crippen LogP contribution is -2.37. The highest BCUT2D eigenvalue weighted by Gasteiger charge is 2.15. The Morgan fingerprint density at radius 1 is 1.03 bits per heavy atom. The van der Waals surface area contributed by atoms with Gasteiger partial charge in [-0.15, -0.1) is 0 Å². The summed E-state index contributed by atoms with van der Waals surface area (Å²) in [4.78, 5) is 12.5. The van der Waals surface area contributed by atoms with Crippen LogP contribution in [0.2, 0.25) is 0 Å². The van der Waals surface area contributed by atoms with Crippen molar-refractivity contribution < 1.29 is 22.7 Å². The van der Waals surface area contributed by atoms with Gasteiger partial charge < -0.3 is 14.8 Å². The Morgan fingerprint density at radius 2 is 1.65 bits per heavy atom. The standard InChI is InChI=1S/C26H28BrN3O5S2/c1-16(2)22-14-23(27)17(3)13-24(22)35-15-25(31)29-26(36)28-18-7-11-21(12-8-18)37(32,33)30-19-5-9-20(34-4)10-6-19/h5-14,16,30H,15H2,1-4H3,(H2,28,29,31,36). The number of hydrogen-bond acceptors (Lipinski definition) is 6. The molecular formula is C26H28BrN3O5S2. The van der Waals surface area contributed by atoms with Crippen molar-refractivity contribution in [2.75, 3.05) is 23.8 Å². The first-order chi connectivity index (χ1) is 17.5. The van der Waals surface area contributed by atoms with Crippen LogP contribution in [0.15, 0.2) is 70.0 Å². The van der Waals surface area contributed by atoms with Gasteiger partial charge in [0.2, 0.25) is 0 Å². The van der Waals surface area contributed by atoms with Gasteiger partial charge in [-0.05, 0) is 96.9 Å². The quantitative estimate of drug-likeness (QED) is 0.273. The predicted molar refractivity (Wildman–Crippen MR) is 153 cm³/mol. The number of halogens is 1. The highest BCUT2D eigenvalue weighted by molar-refractivity contribution is 9.10. The Balaban J connectivity index is 1.55. The van der Waals surface area contributed by atoms with Crippen LogP contribution in [0, 0.1) is 6.92 Å². The Morgan fingerprint density at radius 3 is 2.24 bits per heavy atom. The van der Waals surface area contributed by atoms with Crippen LogP contribution in [0.5, 0.6) is 11.5 Å². The molecule has 0 bridgehead atoms. The molecule has 3 aromatic rings. The summed E-state index contributed by atoms with van der Waals surface area (Å²) in [6.07, 6.45) is 0. The fraction of sp³-hybridized carbons (Fsp3) is 0.231. The van der Waals surface area contributed by atoms with E-state index >= 15 is 0 Å².